The number of hydrogen-bond donors (Lipinski definition) is 1. The predicted molar refractivity (Wildman–Crippen MR) is 58.5 cm³/mol. The van der Waals surface area contributed by atoms with Gasteiger partial charge in [0.15, 0.2) is 0 Å². The molecule has 0 atom stereocenters. The molecule has 1 aromatic heterocycles. The Hall–Kier alpha value is -1.82. The highest BCUT2D eigenvalue weighted by atomic mass is 32.2. The number of aryl methyl sites for hydroxylation is 1. The van der Waals surface area contributed by atoms with Crippen molar-refractivity contribution in [3.63, 3.8) is 0 Å². The minimum Gasteiger partial charge on any atom is -0.338 e. The number of anilines is 1. The van der Waals surface area contributed by atoms with Crippen molar-refractivity contribution in [1.82, 2.24) is 5.16 Å². The van der Waals surface area contributed by atoms with E-state index >= 15 is 0 Å². The number of aromatic nitrogens is 1. The van der Waals surface area contributed by atoms with Crippen LogP contribution in [0.5, 0.6) is 0 Å². The Morgan fingerprint density at radius 3 is 2.50 bits per heavy atom. The van der Waals surface area contributed by atoms with Crippen LogP contribution >= 0.6 is 0 Å². The highest BCUT2D eigenvalue weighted by Gasteiger charge is 2.15. The zero-order valence-electron chi connectivity index (χ0n) is 8.54. The van der Waals surface area contributed by atoms with Gasteiger partial charge in [-0.15, -0.1) is 0 Å². The minimum absolute atomic E-state index is 0.112. The Morgan fingerprint density at radius 1 is 1.25 bits per heavy atom. The molecular weight excluding hydrogens is 228 g/mol. The van der Waals surface area contributed by atoms with Crippen molar-refractivity contribution in [2.24, 2.45) is 0 Å². The molecule has 0 spiro atoms. The van der Waals surface area contributed by atoms with Crippen LogP contribution in [0.1, 0.15) is 5.69 Å². The highest BCUT2D eigenvalue weighted by Crippen LogP contribution is 2.15. The third-order valence-electron chi connectivity index (χ3n) is 1.92. The van der Waals surface area contributed by atoms with E-state index in [1.807, 2.05) is 0 Å². The van der Waals surface area contributed by atoms with E-state index in [1.54, 1.807) is 25.1 Å². The van der Waals surface area contributed by atoms with Gasteiger partial charge in [0.1, 0.15) is 0 Å². The third-order valence-corrected chi connectivity index (χ3v) is 3.28. The number of hydrogen-bond acceptors (Lipinski definition) is 4. The first-order valence-electron chi connectivity index (χ1n) is 4.59. The average molecular weight is 238 g/mol. The maximum absolute atomic E-state index is 11.8. The van der Waals surface area contributed by atoms with E-state index in [2.05, 4.69) is 9.88 Å². The second kappa shape index (κ2) is 3.97. The van der Waals surface area contributed by atoms with E-state index in [0.717, 1.165) is 0 Å². The molecular formula is C10H10N2O3S. The van der Waals surface area contributed by atoms with Crippen LogP contribution < -0.4 is 4.72 Å². The predicted octanol–water partition coefficient (Wildman–Crippen LogP) is 1.78. The molecule has 0 saturated carbocycles. The number of sulfonamides is 1. The van der Waals surface area contributed by atoms with Crippen molar-refractivity contribution in [3.8, 4) is 0 Å². The first-order chi connectivity index (χ1) is 7.58. The summed E-state index contributed by atoms with van der Waals surface area (Å²) >= 11 is 0. The van der Waals surface area contributed by atoms with Crippen LogP contribution in [-0.2, 0) is 10.0 Å². The smallest absolute Gasteiger partial charge is 0.264 e. The van der Waals surface area contributed by atoms with E-state index in [4.69, 9.17) is 4.52 Å². The lowest BCUT2D eigenvalue weighted by Crippen LogP contribution is -2.12. The molecule has 1 heterocycles. The van der Waals surface area contributed by atoms with Gasteiger partial charge in [-0.25, -0.2) is 13.1 Å². The maximum atomic E-state index is 11.8. The third kappa shape index (κ3) is 2.22. The van der Waals surface area contributed by atoms with E-state index in [1.165, 1.54) is 18.2 Å². The lowest BCUT2D eigenvalue weighted by atomic mass is 10.4. The summed E-state index contributed by atoms with van der Waals surface area (Å²) < 4.78 is 30.7. The van der Waals surface area contributed by atoms with Crippen LogP contribution in [0, 0.1) is 6.92 Å². The standard InChI is InChI=1S/C10H10N2O3S/c1-8-7-10(15-11-8)12-16(13,14)9-5-3-2-4-6-9/h2-7,12H,1H3. The van der Waals surface area contributed by atoms with Gasteiger partial charge in [0.05, 0.1) is 10.6 Å². The van der Waals surface area contributed by atoms with E-state index in [0.29, 0.717) is 5.69 Å². The molecule has 0 bridgehead atoms. The van der Waals surface area contributed by atoms with Crippen LogP contribution in [0.25, 0.3) is 0 Å². The van der Waals surface area contributed by atoms with Crippen molar-refractivity contribution in [2.75, 3.05) is 4.72 Å². The molecule has 2 rings (SSSR count). The highest BCUT2D eigenvalue weighted by molar-refractivity contribution is 7.92. The van der Waals surface area contributed by atoms with Crippen LogP contribution in [0.2, 0.25) is 0 Å². The molecule has 1 aromatic carbocycles. The van der Waals surface area contributed by atoms with Gasteiger partial charge >= 0.3 is 0 Å². The van der Waals surface area contributed by atoms with Crippen LogP contribution in [-0.4, -0.2) is 13.6 Å². The van der Waals surface area contributed by atoms with Gasteiger partial charge in [-0.2, -0.15) is 0 Å². The average Bonchev–Trinajstić information content (AvgIpc) is 2.64. The summed E-state index contributed by atoms with van der Waals surface area (Å²) in [6, 6.07) is 9.58. The molecule has 0 fully saturated rings. The van der Waals surface area contributed by atoms with Gasteiger partial charge in [-0.05, 0) is 19.1 Å². The molecule has 0 saturated heterocycles. The van der Waals surface area contributed by atoms with Gasteiger partial charge in [-0.3, -0.25) is 0 Å². The van der Waals surface area contributed by atoms with Gasteiger partial charge in [0.2, 0.25) is 5.88 Å². The summed E-state index contributed by atoms with van der Waals surface area (Å²) in [7, 11) is -3.58. The Morgan fingerprint density at radius 2 is 1.94 bits per heavy atom. The van der Waals surface area contributed by atoms with Crippen LogP contribution in [0.4, 0.5) is 5.88 Å². The zero-order chi connectivity index (χ0) is 11.6. The van der Waals surface area contributed by atoms with Crippen molar-refractivity contribution >= 4 is 15.9 Å². The Labute approximate surface area is 93.1 Å². The second-order valence-electron chi connectivity index (χ2n) is 3.25. The molecule has 0 aliphatic rings. The minimum atomic E-state index is -3.58. The van der Waals surface area contributed by atoms with Crippen molar-refractivity contribution in [3.05, 3.63) is 42.1 Å². The lowest BCUT2D eigenvalue weighted by Gasteiger charge is -2.03. The van der Waals surface area contributed by atoms with Crippen molar-refractivity contribution in [1.29, 1.82) is 0 Å². The van der Waals surface area contributed by atoms with Crippen molar-refractivity contribution < 1.29 is 12.9 Å². The second-order valence-corrected chi connectivity index (χ2v) is 4.93. The SMILES string of the molecule is Cc1cc(NS(=O)(=O)c2ccccc2)on1. The Kier molecular flexibility index (Phi) is 2.66. The molecule has 0 amide bonds. The van der Waals surface area contributed by atoms with Gasteiger partial charge < -0.3 is 4.52 Å². The zero-order valence-corrected chi connectivity index (χ0v) is 9.36. The fourth-order valence-corrected chi connectivity index (χ4v) is 2.20. The maximum Gasteiger partial charge on any atom is 0.264 e. The van der Waals surface area contributed by atoms with Gasteiger partial charge in [-0.1, -0.05) is 23.4 Å². The number of nitrogens with zero attached hydrogens (tertiary/aromatic N) is 1. The molecule has 2 aromatic rings. The number of rotatable bonds is 3. The fraction of sp³-hybridized carbons (Fsp3) is 0.100. The topological polar surface area (TPSA) is 72.2 Å². The van der Waals surface area contributed by atoms with Crippen molar-refractivity contribution in [2.45, 2.75) is 11.8 Å². The molecule has 0 aliphatic carbocycles. The van der Waals surface area contributed by atoms with E-state index in [-0.39, 0.29) is 10.8 Å². The Balaban J connectivity index is 2.28. The summed E-state index contributed by atoms with van der Waals surface area (Å²) in [6.45, 7) is 1.71. The van der Waals surface area contributed by atoms with Gasteiger partial charge in [0, 0.05) is 6.07 Å². The lowest BCUT2D eigenvalue weighted by molar-refractivity contribution is 0.430. The normalized spacial score (nSPS) is 11.3. The molecule has 6 heteroatoms. The summed E-state index contributed by atoms with van der Waals surface area (Å²) in [5, 5.41) is 3.59. The quantitative estimate of drug-likeness (QED) is 0.884. The molecule has 0 radical (unpaired) electrons. The first-order valence-corrected chi connectivity index (χ1v) is 6.07. The molecule has 16 heavy (non-hydrogen) atoms. The number of benzene rings is 1. The Bertz CT molecular complexity index is 575. The van der Waals surface area contributed by atoms with E-state index < -0.39 is 10.0 Å². The summed E-state index contributed by atoms with van der Waals surface area (Å²) in [5.41, 5.74) is 0.616. The molecule has 84 valence electrons. The first kappa shape index (κ1) is 10.7. The number of nitrogens with one attached hydrogen (secondary N) is 1. The van der Waals surface area contributed by atoms with Crippen LogP contribution in [0.15, 0.2) is 45.8 Å². The van der Waals surface area contributed by atoms with Crippen LogP contribution in [0.3, 0.4) is 0 Å². The largest absolute Gasteiger partial charge is 0.338 e. The molecule has 5 nitrogen and oxygen atoms in total. The summed E-state index contributed by atoms with van der Waals surface area (Å²) in [4.78, 5) is 0.184. The summed E-state index contributed by atoms with van der Waals surface area (Å²) in [5.74, 6) is 0.112. The fourth-order valence-electron chi connectivity index (χ4n) is 1.20. The molecule has 0 unspecified atom stereocenters. The van der Waals surface area contributed by atoms with Gasteiger partial charge in [0.25, 0.3) is 10.0 Å². The molecule has 1 N–H and O–H groups in total. The monoisotopic (exact) mass is 238 g/mol. The molecule has 0 aliphatic heterocycles. The summed E-state index contributed by atoms with van der Waals surface area (Å²) in [6.07, 6.45) is 0. The van der Waals surface area contributed by atoms with E-state index in [9.17, 15) is 8.42 Å².